The van der Waals surface area contributed by atoms with E-state index in [4.69, 9.17) is 0 Å². The summed E-state index contributed by atoms with van der Waals surface area (Å²) in [6.45, 7) is 23.5. The summed E-state index contributed by atoms with van der Waals surface area (Å²) in [5.41, 5.74) is 4.99. The highest BCUT2D eigenvalue weighted by molar-refractivity contribution is 5.22. The van der Waals surface area contributed by atoms with E-state index >= 15 is 0 Å². The third kappa shape index (κ3) is 6.23. The van der Waals surface area contributed by atoms with E-state index in [1.165, 1.54) is 55.2 Å². The molecule has 0 nitrogen and oxygen atoms in total. The molecule has 0 aliphatic heterocycles. The molecule has 1 saturated carbocycles. The Balaban J connectivity index is 1.87. The summed E-state index contributed by atoms with van der Waals surface area (Å²) in [5, 5.41) is 0. The number of benzene rings is 1. The van der Waals surface area contributed by atoms with E-state index in [0.29, 0.717) is 11.3 Å². The van der Waals surface area contributed by atoms with Crippen molar-refractivity contribution in [1.82, 2.24) is 0 Å². The minimum Gasteiger partial charge on any atom is -0.0991 e. The zero-order valence-corrected chi connectivity index (χ0v) is 20.1. The number of hydrogen-bond acceptors (Lipinski definition) is 0. The van der Waals surface area contributed by atoms with Crippen molar-refractivity contribution in [1.29, 1.82) is 0 Å². The SMILES string of the molecule is C=C(C(C)C1CCC(CC(C)(C)C(C)CCc2cccc(C)c2)C1)C(C)(C)C. The van der Waals surface area contributed by atoms with Gasteiger partial charge in [0.25, 0.3) is 0 Å². The molecule has 0 saturated heterocycles. The van der Waals surface area contributed by atoms with Crippen LogP contribution in [0, 0.1) is 41.4 Å². The summed E-state index contributed by atoms with van der Waals surface area (Å²) in [7, 11) is 0. The van der Waals surface area contributed by atoms with E-state index in [1.807, 2.05) is 0 Å². The first-order chi connectivity index (χ1) is 12.9. The van der Waals surface area contributed by atoms with Crippen LogP contribution in [-0.2, 0) is 6.42 Å². The molecule has 0 bridgehead atoms. The lowest BCUT2D eigenvalue weighted by atomic mass is 9.70. The van der Waals surface area contributed by atoms with E-state index < -0.39 is 0 Å². The third-order valence-corrected chi connectivity index (χ3v) is 7.90. The first-order valence-corrected chi connectivity index (χ1v) is 11.6. The Kier molecular flexibility index (Phi) is 7.62. The van der Waals surface area contributed by atoms with E-state index in [-0.39, 0.29) is 5.41 Å². The number of hydrogen-bond donors (Lipinski definition) is 0. The molecule has 1 aliphatic carbocycles. The van der Waals surface area contributed by atoms with Crippen LogP contribution >= 0.6 is 0 Å². The lowest BCUT2D eigenvalue weighted by Gasteiger charge is -2.35. The Labute approximate surface area is 176 Å². The average Bonchev–Trinajstić information content (AvgIpc) is 3.05. The van der Waals surface area contributed by atoms with Crippen molar-refractivity contribution in [2.24, 2.45) is 34.5 Å². The molecule has 0 aromatic heterocycles. The molecule has 2 rings (SSSR count). The molecule has 28 heavy (non-hydrogen) atoms. The molecular formula is C28H46. The fourth-order valence-electron chi connectivity index (χ4n) is 5.31. The van der Waals surface area contributed by atoms with Gasteiger partial charge in [-0.3, -0.25) is 0 Å². The third-order valence-electron chi connectivity index (χ3n) is 7.90. The Morgan fingerprint density at radius 1 is 1.11 bits per heavy atom. The minimum absolute atomic E-state index is 0.237. The summed E-state index contributed by atoms with van der Waals surface area (Å²) in [4.78, 5) is 0. The van der Waals surface area contributed by atoms with Crippen molar-refractivity contribution in [3.63, 3.8) is 0 Å². The van der Waals surface area contributed by atoms with Gasteiger partial charge in [-0.25, -0.2) is 0 Å². The molecule has 0 radical (unpaired) electrons. The normalized spacial score (nSPS) is 22.9. The first-order valence-electron chi connectivity index (χ1n) is 11.6. The van der Waals surface area contributed by atoms with E-state index in [1.54, 1.807) is 0 Å². The van der Waals surface area contributed by atoms with Crippen molar-refractivity contribution in [2.75, 3.05) is 0 Å². The van der Waals surface area contributed by atoms with Gasteiger partial charge in [-0.05, 0) is 79.1 Å². The van der Waals surface area contributed by atoms with Gasteiger partial charge in [0.2, 0.25) is 0 Å². The minimum atomic E-state index is 0.237. The molecule has 0 N–H and O–H groups in total. The van der Waals surface area contributed by atoms with Crippen LogP contribution in [0.2, 0.25) is 0 Å². The van der Waals surface area contributed by atoms with Crippen LogP contribution in [0.5, 0.6) is 0 Å². The van der Waals surface area contributed by atoms with Crippen LogP contribution in [0.15, 0.2) is 36.4 Å². The summed E-state index contributed by atoms with van der Waals surface area (Å²) in [6.07, 6.45) is 8.11. The van der Waals surface area contributed by atoms with Gasteiger partial charge in [-0.1, -0.05) is 96.9 Å². The highest BCUT2D eigenvalue weighted by Gasteiger charge is 2.36. The topological polar surface area (TPSA) is 0 Å². The summed E-state index contributed by atoms with van der Waals surface area (Å²) in [5.74, 6) is 3.16. The van der Waals surface area contributed by atoms with Crippen LogP contribution in [0.3, 0.4) is 0 Å². The molecule has 4 unspecified atom stereocenters. The molecule has 4 atom stereocenters. The molecule has 1 aromatic carbocycles. The predicted molar refractivity (Wildman–Crippen MR) is 126 cm³/mol. The summed E-state index contributed by atoms with van der Waals surface area (Å²) < 4.78 is 0. The zero-order chi connectivity index (χ0) is 21.1. The molecule has 0 heteroatoms. The largest absolute Gasteiger partial charge is 0.0991 e. The molecular weight excluding hydrogens is 336 g/mol. The summed E-state index contributed by atoms with van der Waals surface area (Å²) >= 11 is 0. The van der Waals surface area contributed by atoms with Crippen molar-refractivity contribution >= 4 is 0 Å². The molecule has 1 fully saturated rings. The van der Waals surface area contributed by atoms with Gasteiger partial charge < -0.3 is 0 Å². The zero-order valence-electron chi connectivity index (χ0n) is 20.1. The second kappa shape index (κ2) is 9.19. The fourth-order valence-corrected chi connectivity index (χ4v) is 5.31. The number of rotatable bonds is 8. The second-order valence-electron chi connectivity index (χ2n) is 11.6. The molecule has 158 valence electrons. The van der Waals surface area contributed by atoms with E-state index in [2.05, 4.69) is 86.2 Å². The Morgan fingerprint density at radius 2 is 1.79 bits per heavy atom. The molecule has 1 aromatic rings. The highest BCUT2D eigenvalue weighted by Crippen LogP contribution is 2.47. The Hall–Kier alpha value is -1.04. The standard InChI is InChI=1S/C28H46/c1-20-11-10-12-24(17-20)14-13-21(2)28(8,9)19-25-15-16-26(18-25)22(3)23(4)27(5,6)7/h10-12,17,21-22,25-26H,4,13-16,18-19H2,1-3,5-9H3. The maximum absolute atomic E-state index is 4.46. The monoisotopic (exact) mass is 382 g/mol. The van der Waals surface area contributed by atoms with Crippen molar-refractivity contribution < 1.29 is 0 Å². The lowest BCUT2D eigenvalue weighted by Crippen LogP contribution is -2.25. The van der Waals surface area contributed by atoms with Gasteiger partial charge in [0, 0.05) is 0 Å². The lowest BCUT2D eigenvalue weighted by molar-refractivity contribution is 0.163. The second-order valence-corrected chi connectivity index (χ2v) is 11.6. The molecule has 0 heterocycles. The summed E-state index contributed by atoms with van der Waals surface area (Å²) in [6, 6.07) is 9.04. The van der Waals surface area contributed by atoms with Gasteiger partial charge in [0.15, 0.2) is 0 Å². The van der Waals surface area contributed by atoms with E-state index in [9.17, 15) is 0 Å². The van der Waals surface area contributed by atoms with Crippen molar-refractivity contribution in [2.45, 2.75) is 93.9 Å². The Bertz CT molecular complexity index is 642. The number of allylic oxidation sites excluding steroid dienone is 1. The van der Waals surface area contributed by atoms with Gasteiger partial charge in [0.05, 0.1) is 0 Å². The quantitative estimate of drug-likeness (QED) is 0.395. The first kappa shape index (κ1) is 23.2. The molecule has 0 amide bonds. The maximum Gasteiger partial charge on any atom is -0.0173 e. The van der Waals surface area contributed by atoms with Crippen LogP contribution in [0.4, 0.5) is 0 Å². The van der Waals surface area contributed by atoms with Crippen molar-refractivity contribution in [3.05, 3.63) is 47.5 Å². The smallest absolute Gasteiger partial charge is 0.0173 e. The maximum atomic E-state index is 4.46. The van der Waals surface area contributed by atoms with Crippen LogP contribution in [0.25, 0.3) is 0 Å². The molecule has 1 aliphatic rings. The van der Waals surface area contributed by atoms with Gasteiger partial charge in [-0.2, -0.15) is 0 Å². The number of aryl methyl sites for hydroxylation is 2. The predicted octanol–water partition coefficient (Wildman–Crippen LogP) is 8.63. The molecule has 0 spiro atoms. The fraction of sp³-hybridized carbons (Fsp3) is 0.714. The van der Waals surface area contributed by atoms with Crippen LogP contribution in [0.1, 0.15) is 91.7 Å². The highest BCUT2D eigenvalue weighted by atomic mass is 14.4. The average molecular weight is 383 g/mol. The van der Waals surface area contributed by atoms with Crippen LogP contribution < -0.4 is 0 Å². The van der Waals surface area contributed by atoms with Gasteiger partial charge >= 0.3 is 0 Å². The van der Waals surface area contributed by atoms with Crippen molar-refractivity contribution in [3.8, 4) is 0 Å². The van der Waals surface area contributed by atoms with Gasteiger partial charge in [-0.15, -0.1) is 0 Å². The van der Waals surface area contributed by atoms with E-state index in [0.717, 1.165) is 17.8 Å². The van der Waals surface area contributed by atoms with Crippen LogP contribution in [-0.4, -0.2) is 0 Å². The van der Waals surface area contributed by atoms with Gasteiger partial charge in [0.1, 0.15) is 0 Å². The Morgan fingerprint density at radius 3 is 2.39 bits per heavy atom.